The lowest BCUT2D eigenvalue weighted by atomic mass is 10.2. The lowest BCUT2D eigenvalue weighted by Gasteiger charge is -2.17. The van der Waals surface area contributed by atoms with Crippen molar-refractivity contribution in [2.45, 2.75) is 0 Å². The van der Waals surface area contributed by atoms with Gasteiger partial charge in [-0.1, -0.05) is 30.3 Å². The predicted molar refractivity (Wildman–Crippen MR) is 121 cm³/mol. The Hall–Kier alpha value is -3.85. The van der Waals surface area contributed by atoms with Crippen LogP contribution in [0.1, 0.15) is 0 Å². The maximum atomic E-state index is 13.0. The molecule has 0 aliphatic rings. The zero-order valence-electron chi connectivity index (χ0n) is 17.1. The molecule has 7 nitrogen and oxygen atoms in total. The van der Waals surface area contributed by atoms with Crippen LogP contribution in [0.25, 0.3) is 20.7 Å². The molecule has 4 rings (SSSR count). The summed E-state index contributed by atoms with van der Waals surface area (Å²) in [4.78, 5) is 36.1. The van der Waals surface area contributed by atoms with E-state index >= 15 is 0 Å². The van der Waals surface area contributed by atoms with Crippen molar-refractivity contribution in [3.63, 3.8) is 0 Å². The summed E-state index contributed by atoms with van der Waals surface area (Å²) in [5.41, 5.74) is 1.51. The Morgan fingerprint density at radius 2 is 1.84 bits per heavy atom. The summed E-state index contributed by atoms with van der Waals surface area (Å²) in [6.07, 6.45) is 1.40. The minimum atomic E-state index is -0.401. The molecule has 2 aromatic heterocycles. The van der Waals surface area contributed by atoms with Crippen LogP contribution in [-0.2, 0) is 9.59 Å². The third kappa shape index (κ3) is 5.06. The van der Waals surface area contributed by atoms with Crippen LogP contribution in [0.15, 0.2) is 67.0 Å². The van der Waals surface area contributed by atoms with Crippen molar-refractivity contribution in [2.75, 3.05) is 25.5 Å². The molecule has 2 amide bonds. The fourth-order valence-corrected chi connectivity index (χ4v) is 3.97. The largest absolute Gasteiger partial charge is 0.467 e. The maximum absolute atomic E-state index is 13.0. The van der Waals surface area contributed by atoms with E-state index in [4.69, 9.17) is 4.74 Å². The summed E-state index contributed by atoms with van der Waals surface area (Å²) in [5, 5.41) is 3.33. The fraction of sp³-hybridized carbons (Fsp3) is 0.130. The molecule has 0 spiro atoms. The number of benzene rings is 2. The van der Waals surface area contributed by atoms with Crippen LogP contribution in [0.2, 0.25) is 0 Å². The molecule has 0 saturated heterocycles. The second kappa shape index (κ2) is 9.52. The highest BCUT2D eigenvalue weighted by Gasteiger charge is 2.16. The molecule has 32 heavy (non-hydrogen) atoms. The number of nitrogens with zero attached hydrogens (tertiary/aromatic N) is 3. The van der Waals surface area contributed by atoms with Crippen LogP contribution in [0.5, 0.6) is 5.88 Å². The summed E-state index contributed by atoms with van der Waals surface area (Å²) in [6.45, 7) is -0.446. The molecule has 0 aliphatic heterocycles. The normalized spacial score (nSPS) is 10.7. The zero-order valence-corrected chi connectivity index (χ0v) is 17.9. The summed E-state index contributed by atoms with van der Waals surface area (Å²) < 4.78 is 18.6. The van der Waals surface area contributed by atoms with Gasteiger partial charge in [0.15, 0.2) is 6.61 Å². The minimum absolute atomic E-state index is 0.171. The van der Waals surface area contributed by atoms with Gasteiger partial charge in [0, 0.05) is 17.6 Å². The van der Waals surface area contributed by atoms with E-state index in [1.165, 1.54) is 53.9 Å². The molecule has 9 heteroatoms. The van der Waals surface area contributed by atoms with Crippen LogP contribution in [-0.4, -0.2) is 46.9 Å². The van der Waals surface area contributed by atoms with Gasteiger partial charge in [0.2, 0.25) is 11.8 Å². The molecule has 0 atom stereocenters. The van der Waals surface area contributed by atoms with Gasteiger partial charge in [0.1, 0.15) is 17.0 Å². The number of carbonyl (C=O) groups is 2. The van der Waals surface area contributed by atoms with E-state index in [1.807, 2.05) is 36.4 Å². The second-order valence-corrected chi connectivity index (χ2v) is 8.00. The van der Waals surface area contributed by atoms with Crippen LogP contribution in [0.4, 0.5) is 10.1 Å². The highest BCUT2D eigenvalue weighted by molar-refractivity contribution is 7.21. The number of aromatic nitrogens is 2. The molecule has 0 aliphatic carbocycles. The smallest absolute Gasteiger partial charge is 0.260 e. The number of thiophene rings is 1. The van der Waals surface area contributed by atoms with Crippen molar-refractivity contribution < 1.29 is 18.7 Å². The quantitative estimate of drug-likeness (QED) is 0.461. The van der Waals surface area contributed by atoms with Crippen molar-refractivity contribution in [1.29, 1.82) is 0 Å². The number of carbonyl (C=O) groups excluding carboxylic acids is 2. The van der Waals surface area contributed by atoms with Crippen molar-refractivity contribution in [3.8, 4) is 16.3 Å². The Labute approximate surface area is 187 Å². The van der Waals surface area contributed by atoms with Crippen molar-refractivity contribution in [3.05, 3.63) is 72.8 Å². The first-order chi connectivity index (χ1) is 15.5. The zero-order chi connectivity index (χ0) is 22.5. The van der Waals surface area contributed by atoms with Gasteiger partial charge in [-0.25, -0.2) is 14.4 Å². The molecule has 2 aromatic carbocycles. The van der Waals surface area contributed by atoms with E-state index in [0.29, 0.717) is 11.6 Å². The Morgan fingerprint density at radius 3 is 2.59 bits per heavy atom. The highest BCUT2D eigenvalue weighted by Crippen LogP contribution is 2.35. The number of halogens is 1. The summed E-state index contributed by atoms with van der Waals surface area (Å²) in [7, 11) is 1.50. The first-order valence-corrected chi connectivity index (χ1v) is 10.5. The van der Waals surface area contributed by atoms with E-state index in [1.54, 1.807) is 0 Å². The molecule has 1 N–H and O–H groups in total. The van der Waals surface area contributed by atoms with Gasteiger partial charge in [0.25, 0.3) is 5.91 Å². The third-order valence-electron chi connectivity index (χ3n) is 4.62. The molecule has 0 saturated carbocycles. The number of hydrogen-bond acceptors (Lipinski definition) is 6. The molecule has 4 aromatic rings. The summed E-state index contributed by atoms with van der Waals surface area (Å²) >= 11 is 1.51. The Kier molecular flexibility index (Phi) is 6.37. The van der Waals surface area contributed by atoms with Crippen molar-refractivity contribution >= 4 is 39.1 Å². The van der Waals surface area contributed by atoms with E-state index in [-0.39, 0.29) is 19.1 Å². The number of anilines is 1. The van der Waals surface area contributed by atoms with Crippen LogP contribution in [0.3, 0.4) is 0 Å². The number of ether oxygens (including phenoxy) is 1. The first kappa shape index (κ1) is 21.4. The van der Waals surface area contributed by atoms with E-state index < -0.39 is 11.7 Å². The number of nitrogens with one attached hydrogen (secondary N) is 1. The van der Waals surface area contributed by atoms with Gasteiger partial charge in [-0.15, -0.1) is 11.3 Å². The van der Waals surface area contributed by atoms with Crippen molar-refractivity contribution in [1.82, 2.24) is 14.9 Å². The van der Waals surface area contributed by atoms with Crippen LogP contribution >= 0.6 is 11.3 Å². The monoisotopic (exact) mass is 450 g/mol. The number of hydrogen-bond donors (Lipinski definition) is 1. The lowest BCUT2D eigenvalue weighted by molar-refractivity contribution is -0.135. The minimum Gasteiger partial charge on any atom is -0.467 e. The number of likely N-dealkylation sites (N-methyl/N-ethyl adjacent to an activating group) is 1. The molecule has 2 heterocycles. The Bertz CT molecular complexity index is 1250. The number of fused-ring (bicyclic) bond motifs is 1. The van der Waals surface area contributed by atoms with E-state index in [2.05, 4.69) is 15.3 Å². The predicted octanol–water partition coefficient (Wildman–Crippen LogP) is 3.97. The molecular weight excluding hydrogens is 431 g/mol. The molecule has 0 bridgehead atoms. The van der Waals surface area contributed by atoms with Gasteiger partial charge in [-0.3, -0.25) is 9.59 Å². The molecule has 0 unspecified atom stereocenters. The topological polar surface area (TPSA) is 84.4 Å². The highest BCUT2D eigenvalue weighted by atomic mass is 32.1. The average molecular weight is 450 g/mol. The second-order valence-electron chi connectivity index (χ2n) is 6.97. The van der Waals surface area contributed by atoms with E-state index in [0.717, 1.165) is 20.7 Å². The van der Waals surface area contributed by atoms with Crippen LogP contribution in [0, 0.1) is 5.82 Å². The first-order valence-electron chi connectivity index (χ1n) is 9.72. The molecule has 162 valence electrons. The maximum Gasteiger partial charge on any atom is 0.260 e. The number of amides is 2. The van der Waals surface area contributed by atoms with Gasteiger partial charge in [0.05, 0.1) is 11.9 Å². The van der Waals surface area contributed by atoms with Gasteiger partial charge >= 0.3 is 0 Å². The average Bonchev–Trinajstić information content (AvgIpc) is 3.24. The summed E-state index contributed by atoms with van der Waals surface area (Å²) in [6, 6.07) is 17.2. The standard InChI is InChI=1S/C23H19FN4O3S/c1-28(12-20(29)27-17-9-7-16(24)8-10-17)21(30)13-31-22-18-11-19(15-5-3-2-4-6-15)32-23(18)26-14-25-22/h2-11,14H,12-13H2,1H3,(H,27,29). The Balaban J connectivity index is 1.37. The summed E-state index contributed by atoms with van der Waals surface area (Å²) in [5.74, 6) is -0.870. The van der Waals surface area contributed by atoms with Crippen molar-refractivity contribution in [2.24, 2.45) is 0 Å². The van der Waals surface area contributed by atoms with E-state index in [9.17, 15) is 14.0 Å². The number of rotatable bonds is 7. The third-order valence-corrected chi connectivity index (χ3v) is 5.71. The molecular formula is C23H19FN4O3S. The van der Waals surface area contributed by atoms with Gasteiger partial charge in [-0.05, 0) is 35.9 Å². The van der Waals surface area contributed by atoms with Gasteiger partial charge in [-0.2, -0.15) is 0 Å². The molecule has 0 radical (unpaired) electrons. The fourth-order valence-electron chi connectivity index (χ4n) is 2.97. The lowest BCUT2D eigenvalue weighted by Crippen LogP contribution is -2.37. The Morgan fingerprint density at radius 1 is 1.09 bits per heavy atom. The SMILES string of the molecule is CN(CC(=O)Nc1ccc(F)cc1)C(=O)COc1ncnc2sc(-c3ccccc3)cc12. The van der Waals surface area contributed by atoms with Crippen LogP contribution < -0.4 is 10.1 Å². The molecule has 0 fully saturated rings. The van der Waals surface area contributed by atoms with Gasteiger partial charge < -0.3 is 15.0 Å².